The fourth-order valence-corrected chi connectivity index (χ4v) is 4.16. The Morgan fingerprint density at radius 1 is 1.07 bits per heavy atom. The van der Waals surface area contributed by atoms with Gasteiger partial charge < -0.3 is 5.32 Å². The summed E-state index contributed by atoms with van der Waals surface area (Å²) >= 11 is 1.39. The Morgan fingerprint density at radius 3 is 2.69 bits per heavy atom. The van der Waals surface area contributed by atoms with Crippen LogP contribution in [0, 0.1) is 13.8 Å². The van der Waals surface area contributed by atoms with Gasteiger partial charge in [0.1, 0.15) is 6.33 Å². The van der Waals surface area contributed by atoms with Gasteiger partial charge in [-0.25, -0.2) is 0 Å². The SMILES string of the molecule is Cc1ccc(-n2cnnc2SC(C)C(=O)Nc2cccc3ccccc23)c(C)c1. The second-order valence-corrected chi connectivity index (χ2v) is 8.36. The van der Waals surface area contributed by atoms with Gasteiger partial charge in [0, 0.05) is 11.1 Å². The number of benzene rings is 3. The highest BCUT2D eigenvalue weighted by molar-refractivity contribution is 8.00. The van der Waals surface area contributed by atoms with Gasteiger partial charge in [0.25, 0.3) is 0 Å². The minimum Gasteiger partial charge on any atom is -0.325 e. The lowest BCUT2D eigenvalue weighted by atomic mass is 10.1. The molecule has 4 rings (SSSR count). The number of hydrogen-bond donors (Lipinski definition) is 1. The highest BCUT2D eigenvalue weighted by atomic mass is 32.2. The molecule has 0 spiro atoms. The summed E-state index contributed by atoms with van der Waals surface area (Å²) in [4.78, 5) is 12.9. The van der Waals surface area contributed by atoms with Crippen LogP contribution < -0.4 is 5.32 Å². The van der Waals surface area contributed by atoms with Crippen molar-refractivity contribution in [1.82, 2.24) is 14.8 Å². The van der Waals surface area contributed by atoms with Crippen molar-refractivity contribution < 1.29 is 4.79 Å². The van der Waals surface area contributed by atoms with Gasteiger partial charge in [-0.15, -0.1) is 10.2 Å². The van der Waals surface area contributed by atoms with E-state index in [0.29, 0.717) is 5.16 Å². The first-order chi connectivity index (χ1) is 14.0. The third kappa shape index (κ3) is 4.03. The van der Waals surface area contributed by atoms with Crippen molar-refractivity contribution >= 4 is 34.1 Å². The lowest BCUT2D eigenvalue weighted by molar-refractivity contribution is -0.115. The third-order valence-corrected chi connectivity index (χ3v) is 5.88. The minimum absolute atomic E-state index is 0.0680. The maximum Gasteiger partial charge on any atom is 0.237 e. The van der Waals surface area contributed by atoms with Crippen molar-refractivity contribution in [3.63, 3.8) is 0 Å². The number of rotatable bonds is 5. The van der Waals surface area contributed by atoms with Crippen LogP contribution in [0.15, 0.2) is 72.1 Å². The van der Waals surface area contributed by atoms with Crippen LogP contribution in [0.1, 0.15) is 18.1 Å². The summed E-state index contributed by atoms with van der Waals surface area (Å²) in [7, 11) is 0. The predicted octanol–water partition coefficient (Wildman–Crippen LogP) is 5.16. The number of fused-ring (bicyclic) bond motifs is 1. The normalized spacial score (nSPS) is 12.1. The van der Waals surface area contributed by atoms with E-state index in [-0.39, 0.29) is 11.2 Å². The summed E-state index contributed by atoms with van der Waals surface area (Å²) in [5.74, 6) is -0.0680. The molecule has 29 heavy (non-hydrogen) atoms. The summed E-state index contributed by atoms with van der Waals surface area (Å²) in [5.41, 5.74) is 4.18. The maximum atomic E-state index is 12.9. The summed E-state index contributed by atoms with van der Waals surface area (Å²) in [6.07, 6.45) is 1.69. The predicted molar refractivity (Wildman–Crippen MR) is 119 cm³/mol. The van der Waals surface area contributed by atoms with Crippen molar-refractivity contribution in [2.75, 3.05) is 5.32 Å². The van der Waals surface area contributed by atoms with E-state index in [2.05, 4.69) is 47.6 Å². The van der Waals surface area contributed by atoms with Gasteiger partial charge in [-0.05, 0) is 43.9 Å². The van der Waals surface area contributed by atoms with Crippen LogP contribution in [0.4, 0.5) is 5.69 Å². The fraction of sp³-hybridized carbons (Fsp3) is 0.174. The molecule has 1 unspecified atom stereocenters. The quantitative estimate of drug-likeness (QED) is 0.469. The Hall–Kier alpha value is -3.12. The van der Waals surface area contributed by atoms with Crippen LogP contribution in [0.2, 0.25) is 0 Å². The minimum atomic E-state index is -0.331. The zero-order valence-corrected chi connectivity index (χ0v) is 17.4. The second kappa shape index (κ2) is 8.09. The molecular weight excluding hydrogens is 380 g/mol. The van der Waals surface area contributed by atoms with E-state index in [0.717, 1.165) is 27.7 Å². The molecule has 0 radical (unpaired) electrons. The van der Waals surface area contributed by atoms with Crippen molar-refractivity contribution in [2.24, 2.45) is 0 Å². The molecule has 0 saturated carbocycles. The topological polar surface area (TPSA) is 59.8 Å². The number of carbonyl (C=O) groups excluding carboxylic acids is 1. The maximum absolute atomic E-state index is 12.9. The molecule has 0 saturated heterocycles. The van der Waals surface area contributed by atoms with Gasteiger partial charge in [-0.2, -0.15) is 0 Å². The molecule has 5 nitrogen and oxygen atoms in total. The first-order valence-electron chi connectivity index (χ1n) is 9.46. The molecule has 0 aliphatic carbocycles. The van der Waals surface area contributed by atoms with Crippen LogP contribution in [0.25, 0.3) is 16.5 Å². The average Bonchev–Trinajstić information content (AvgIpc) is 3.16. The number of aryl methyl sites for hydroxylation is 2. The molecule has 1 N–H and O–H groups in total. The Bertz CT molecular complexity index is 1180. The first kappa shape index (κ1) is 19.2. The lowest BCUT2D eigenvalue weighted by Gasteiger charge is -2.15. The number of nitrogens with zero attached hydrogens (tertiary/aromatic N) is 3. The van der Waals surface area contributed by atoms with E-state index in [1.165, 1.54) is 17.3 Å². The summed E-state index contributed by atoms with van der Waals surface area (Å²) in [6, 6.07) is 20.2. The van der Waals surface area contributed by atoms with Crippen LogP contribution in [0.3, 0.4) is 0 Å². The average molecular weight is 403 g/mol. The van der Waals surface area contributed by atoms with Crippen LogP contribution >= 0.6 is 11.8 Å². The summed E-state index contributed by atoms with van der Waals surface area (Å²) < 4.78 is 1.93. The third-order valence-electron chi connectivity index (χ3n) is 4.83. The van der Waals surface area contributed by atoms with E-state index in [4.69, 9.17) is 0 Å². The van der Waals surface area contributed by atoms with E-state index >= 15 is 0 Å². The monoisotopic (exact) mass is 402 g/mol. The van der Waals surface area contributed by atoms with Gasteiger partial charge in [0.2, 0.25) is 5.91 Å². The highest BCUT2D eigenvalue weighted by Crippen LogP contribution is 2.28. The highest BCUT2D eigenvalue weighted by Gasteiger charge is 2.19. The Morgan fingerprint density at radius 2 is 1.86 bits per heavy atom. The largest absolute Gasteiger partial charge is 0.325 e. The lowest BCUT2D eigenvalue weighted by Crippen LogP contribution is -2.23. The molecule has 1 aromatic heterocycles. The van der Waals surface area contributed by atoms with E-state index in [9.17, 15) is 4.79 Å². The van der Waals surface area contributed by atoms with Gasteiger partial charge in [0.05, 0.1) is 10.9 Å². The van der Waals surface area contributed by atoms with Crippen LogP contribution in [0.5, 0.6) is 0 Å². The molecular formula is C23H22N4OS. The Labute approximate surface area is 174 Å². The number of anilines is 1. The van der Waals surface area contributed by atoms with Crippen LogP contribution in [-0.4, -0.2) is 25.9 Å². The van der Waals surface area contributed by atoms with Gasteiger partial charge in [-0.1, -0.05) is 65.9 Å². The second-order valence-electron chi connectivity index (χ2n) is 7.05. The summed E-state index contributed by atoms with van der Waals surface area (Å²) in [6.45, 7) is 6.01. The van der Waals surface area contributed by atoms with Crippen LogP contribution in [-0.2, 0) is 4.79 Å². The van der Waals surface area contributed by atoms with Gasteiger partial charge in [0.15, 0.2) is 5.16 Å². The summed E-state index contributed by atoms with van der Waals surface area (Å²) in [5, 5.41) is 13.8. The molecule has 1 atom stereocenters. The number of thioether (sulfide) groups is 1. The zero-order valence-electron chi connectivity index (χ0n) is 16.6. The number of carbonyl (C=O) groups is 1. The number of amides is 1. The molecule has 0 fully saturated rings. The van der Waals surface area contributed by atoms with Crippen molar-refractivity contribution in [2.45, 2.75) is 31.2 Å². The number of nitrogens with one attached hydrogen (secondary N) is 1. The van der Waals surface area contributed by atoms with Gasteiger partial charge in [-0.3, -0.25) is 9.36 Å². The number of hydrogen-bond acceptors (Lipinski definition) is 4. The molecule has 6 heteroatoms. The zero-order chi connectivity index (χ0) is 20.4. The first-order valence-corrected chi connectivity index (χ1v) is 10.3. The van der Waals surface area contributed by atoms with E-state index in [1.54, 1.807) is 6.33 Å². The molecule has 0 aliphatic heterocycles. The molecule has 146 valence electrons. The van der Waals surface area contributed by atoms with Crippen molar-refractivity contribution in [3.8, 4) is 5.69 Å². The Kier molecular flexibility index (Phi) is 5.36. The smallest absolute Gasteiger partial charge is 0.237 e. The molecule has 3 aromatic carbocycles. The number of aromatic nitrogens is 3. The van der Waals surface area contributed by atoms with Gasteiger partial charge >= 0.3 is 0 Å². The fourth-order valence-electron chi connectivity index (χ4n) is 3.33. The van der Waals surface area contributed by atoms with E-state index in [1.807, 2.05) is 54.0 Å². The Balaban J connectivity index is 1.53. The molecule has 1 heterocycles. The molecule has 4 aromatic rings. The molecule has 1 amide bonds. The standard InChI is InChI=1S/C23H22N4OS/c1-15-11-12-21(16(2)13-15)27-14-24-26-23(27)29-17(3)22(28)25-20-10-6-8-18-7-4-5-9-19(18)20/h4-14,17H,1-3H3,(H,25,28). The molecule has 0 aliphatic rings. The van der Waals surface area contributed by atoms with E-state index < -0.39 is 0 Å². The molecule has 0 bridgehead atoms. The van der Waals surface area contributed by atoms with Crippen molar-refractivity contribution in [1.29, 1.82) is 0 Å². The van der Waals surface area contributed by atoms with Crippen molar-refractivity contribution in [3.05, 3.63) is 78.1 Å².